The zero-order chi connectivity index (χ0) is 26.5. The van der Waals surface area contributed by atoms with E-state index < -0.39 is 25.7 Å². The Balaban J connectivity index is 2.46. The molecule has 0 fully saturated rings. The summed E-state index contributed by atoms with van der Waals surface area (Å²) in [4.78, 5) is 25.0. The van der Waals surface area contributed by atoms with Crippen LogP contribution in [0.4, 0.5) is 0 Å². The number of hydrogen-bond acceptors (Lipinski definition) is 8. The molecule has 1 atom stereocenters. The van der Waals surface area contributed by atoms with Gasteiger partial charge in [-0.1, -0.05) is 71.9 Å². The van der Waals surface area contributed by atoms with Gasteiger partial charge < -0.3 is 11.1 Å². The van der Waals surface area contributed by atoms with Crippen molar-refractivity contribution in [2.75, 3.05) is 30.3 Å². The summed E-state index contributed by atoms with van der Waals surface area (Å²) in [5, 5.41) is 8.87. The first-order valence-corrected chi connectivity index (χ1v) is 15.0. The predicted molar refractivity (Wildman–Crippen MR) is 145 cm³/mol. The highest BCUT2D eigenvalue weighted by Crippen LogP contribution is 2.46. The van der Waals surface area contributed by atoms with E-state index in [0.29, 0.717) is 23.6 Å². The Labute approximate surface area is 217 Å². The summed E-state index contributed by atoms with van der Waals surface area (Å²) in [6, 6.07) is 9.13. The van der Waals surface area contributed by atoms with Crippen LogP contribution in [0.25, 0.3) is 0 Å². The lowest BCUT2D eigenvalue weighted by Crippen LogP contribution is -2.52. The van der Waals surface area contributed by atoms with Crippen molar-refractivity contribution in [2.24, 2.45) is 21.7 Å². The van der Waals surface area contributed by atoms with Gasteiger partial charge in [0.05, 0.1) is 12.3 Å². The average Bonchev–Trinajstić information content (AvgIpc) is 3.13. The van der Waals surface area contributed by atoms with Crippen LogP contribution < -0.4 is 15.8 Å². The first-order valence-electron chi connectivity index (χ1n) is 11.4. The highest BCUT2D eigenvalue weighted by molar-refractivity contribution is 8.14. The molecule has 1 aromatic carbocycles. The third-order valence-corrected chi connectivity index (χ3v) is 8.92. The number of hydrogen-bond donors (Lipinski definition) is 3. The first kappa shape index (κ1) is 29.6. The lowest BCUT2D eigenvalue weighted by atomic mass is 9.93. The van der Waals surface area contributed by atoms with Crippen molar-refractivity contribution >= 4 is 50.5 Å². The molecule has 12 heteroatoms. The molecule has 1 heterocycles. The number of rotatable bonds is 9. The number of sulfonamides is 1. The van der Waals surface area contributed by atoms with Crippen LogP contribution >= 0.6 is 23.5 Å². The van der Waals surface area contributed by atoms with Crippen LogP contribution in [0.5, 0.6) is 0 Å². The van der Waals surface area contributed by atoms with Gasteiger partial charge in [0.15, 0.2) is 10.0 Å². The summed E-state index contributed by atoms with van der Waals surface area (Å²) in [6.45, 7) is 11.0. The normalized spacial score (nSPS) is 18.9. The number of amides is 2. The van der Waals surface area contributed by atoms with Crippen molar-refractivity contribution in [3.8, 4) is 0 Å². The van der Waals surface area contributed by atoms with Crippen LogP contribution in [0.3, 0.4) is 0 Å². The summed E-state index contributed by atoms with van der Waals surface area (Å²) in [7, 11) is -3.65. The minimum absolute atomic E-state index is 0.0745. The number of thioether (sulfide) groups is 2. The zero-order valence-electron chi connectivity index (χ0n) is 21.3. The molecule has 0 spiro atoms. The second kappa shape index (κ2) is 11.6. The standard InChI is InChI=1S/C23H37N5O4S3/c1-21(2,3)18(29)26-20-27-28(19(30)22(4,5)6)23(34-20,17-10-8-7-9-11-17)16-25-35(31,32)15-14-33-13-12-24/h7-11,25H,12-16,24H2,1-6H3,(H,26,27,29). The van der Waals surface area contributed by atoms with Crippen molar-refractivity contribution < 1.29 is 18.0 Å². The Kier molecular flexibility index (Phi) is 9.85. The van der Waals surface area contributed by atoms with Crippen molar-refractivity contribution in [1.29, 1.82) is 0 Å². The van der Waals surface area contributed by atoms with Crippen LogP contribution in [0.1, 0.15) is 47.1 Å². The second-order valence-electron chi connectivity index (χ2n) is 10.3. The predicted octanol–water partition coefficient (Wildman–Crippen LogP) is 2.51. The summed E-state index contributed by atoms with van der Waals surface area (Å²) < 4.78 is 28.3. The van der Waals surface area contributed by atoms with E-state index in [2.05, 4.69) is 15.1 Å². The molecule has 196 valence electrons. The van der Waals surface area contributed by atoms with Gasteiger partial charge in [-0.15, -0.1) is 5.10 Å². The van der Waals surface area contributed by atoms with E-state index in [4.69, 9.17) is 5.73 Å². The number of nitrogens with one attached hydrogen (secondary N) is 2. The maximum atomic E-state index is 13.6. The molecule has 4 N–H and O–H groups in total. The molecule has 0 bridgehead atoms. The van der Waals surface area contributed by atoms with Crippen molar-refractivity contribution in [3.05, 3.63) is 35.9 Å². The molecule has 1 unspecified atom stereocenters. The Morgan fingerprint density at radius 3 is 2.26 bits per heavy atom. The number of nitrogens with zero attached hydrogens (tertiary/aromatic N) is 2. The molecule has 0 aromatic heterocycles. The Bertz CT molecular complexity index is 1030. The highest BCUT2D eigenvalue weighted by Gasteiger charge is 2.51. The van der Waals surface area contributed by atoms with Gasteiger partial charge in [0, 0.05) is 28.9 Å². The van der Waals surface area contributed by atoms with E-state index in [0.717, 1.165) is 11.8 Å². The molecular formula is C23H37N5O4S3. The van der Waals surface area contributed by atoms with Gasteiger partial charge in [-0.25, -0.2) is 18.1 Å². The fourth-order valence-corrected chi connectivity index (χ4v) is 6.56. The van der Waals surface area contributed by atoms with Gasteiger partial charge >= 0.3 is 0 Å². The number of carbonyl (C=O) groups excluding carboxylic acids is 2. The van der Waals surface area contributed by atoms with Gasteiger partial charge in [-0.2, -0.15) is 11.8 Å². The molecule has 2 rings (SSSR count). The molecule has 1 aliphatic rings. The van der Waals surface area contributed by atoms with Gasteiger partial charge in [-0.3, -0.25) is 9.59 Å². The third kappa shape index (κ3) is 7.94. The van der Waals surface area contributed by atoms with Gasteiger partial charge in [0.1, 0.15) is 0 Å². The van der Waals surface area contributed by atoms with E-state index in [1.54, 1.807) is 41.5 Å². The molecule has 2 amide bonds. The Hall–Kier alpha value is -1.60. The van der Waals surface area contributed by atoms with E-state index >= 15 is 0 Å². The zero-order valence-corrected chi connectivity index (χ0v) is 23.7. The van der Waals surface area contributed by atoms with Crippen molar-refractivity contribution in [2.45, 2.75) is 46.4 Å². The molecule has 0 saturated carbocycles. The summed E-state index contributed by atoms with van der Waals surface area (Å²) in [6.07, 6.45) is 0. The number of nitrogens with two attached hydrogens (primary N) is 1. The van der Waals surface area contributed by atoms with Crippen molar-refractivity contribution in [1.82, 2.24) is 15.0 Å². The summed E-state index contributed by atoms with van der Waals surface area (Å²) in [5.41, 5.74) is 4.69. The molecular weight excluding hydrogens is 506 g/mol. The minimum atomic E-state index is -3.65. The van der Waals surface area contributed by atoms with Crippen LogP contribution in [-0.4, -0.2) is 60.8 Å². The lowest BCUT2D eigenvalue weighted by molar-refractivity contribution is -0.143. The Morgan fingerprint density at radius 2 is 1.71 bits per heavy atom. The minimum Gasteiger partial charge on any atom is -0.330 e. The topological polar surface area (TPSA) is 134 Å². The van der Waals surface area contributed by atoms with Gasteiger partial charge in [0.2, 0.25) is 21.8 Å². The fourth-order valence-electron chi connectivity index (χ4n) is 2.98. The van der Waals surface area contributed by atoms with Crippen LogP contribution in [0.15, 0.2) is 35.4 Å². The third-order valence-electron chi connectivity index (χ3n) is 5.05. The van der Waals surface area contributed by atoms with Crippen LogP contribution in [0.2, 0.25) is 0 Å². The molecule has 1 aliphatic heterocycles. The first-order chi connectivity index (χ1) is 16.1. The SMILES string of the molecule is CC(C)(C)C(=O)NC1=NN(C(=O)C(C)(C)C)C(CNS(=O)(=O)CCSCCN)(c2ccccc2)S1. The number of benzene rings is 1. The van der Waals surface area contributed by atoms with E-state index in [-0.39, 0.29) is 29.3 Å². The van der Waals surface area contributed by atoms with Gasteiger partial charge in [0.25, 0.3) is 0 Å². The fraction of sp³-hybridized carbons (Fsp3) is 0.609. The average molecular weight is 544 g/mol. The van der Waals surface area contributed by atoms with E-state index in [1.807, 2.05) is 30.3 Å². The maximum absolute atomic E-state index is 13.6. The number of amidine groups is 1. The second-order valence-corrected chi connectivity index (χ2v) is 14.7. The molecule has 0 saturated heterocycles. The number of hydrazone groups is 1. The molecule has 0 radical (unpaired) electrons. The Morgan fingerprint density at radius 1 is 1.09 bits per heavy atom. The largest absolute Gasteiger partial charge is 0.330 e. The van der Waals surface area contributed by atoms with E-state index in [9.17, 15) is 18.0 Å². The van der Waals surface area contributed by atoms with Crippen LogP contribution in [-0.2, 0) is 24.5 Å². The quantitative estimate of drug-likeness (QED) is 0.408. The highest BCUT2D eigenvalue weighted by atomic mass is 32.2. The van der Waals surface area contributed by atoms with Crippen molar-refractivity contribution in [3.63, 3.8) is 0 Å². The van der Waals surface area contributed by atoms with E-state index in [1.165, 1.54) is 16.8 Å². The van der Waals surface area contributed by atoms with Crippen LogP contribution in [0, 0.1) is 10.8 Å². The monoisotopic (exact) mass is 543 g/mol. The van der Waals surface area contributed by atoms with Gasteiger partial charge in [-0.05, 0) is 17.3 Å². The molecule has 35 heavy (non-hydrogen) atoms. The molecule has 0 aliphatic carbocycles. The molecule has 9 nitrogen and oxygen atoms in total. The summed E-state index contributed by atoms with van der Waals surface area (Å²) >= 11 is 2.62. The summed E-state index contributed by atoms with van der Waals surface area (Å²) in [5.74, 6) is 0.457. The number of carbonyl (C=O) groups is 2. The molecule has 1 aromatic rings. The smallest absolute Gasteiger partial charge is 0.249 e. The maximum Gasteiger partial charge on any atom is 0.249 e. The lowest BCUT2D eigenvalue weighted by Gasteiger charge is -2.38.